The van der Waals surface area contributed by atoms with E-state index < -0.39 is 0 Å². The summed E-state index contributed by atoms with van der Waals surface area (Å²) in [5.74, 6) is 1.52. The Morgan fingerprint density at radius 1 is 1.00 bits per heavy atom. The number of nitrogens with zero attached hydrogens (tertiary/aromatic N) is 1. The molecular formula is C17H15ClN2O. The van der Waals surface area contributed by atoms with E-state index in [1.807, 2.05) is 56.3 Å². The van der Waals surface area contributed by atoms with Gasteiger partial charge in [0.1, 0.15) is 11.5 Å². The third-order valence-electron chi connectivity index (χ3n) is 3.28. The summed E-state index contributed by atoms with van der Waals surface area (Å²) >= 11 is 5.98. The average molecular weight is 299 g/mol. The third-order valence-corrected chi connectivity index (χ3v) is 3.51. The van der Waals surface area contributed by atoms with Crippen molar-refractivity contribution in [2.75, 3.05) is 5.73 Å². The van der Waals surface area contributed by atoms with E-state index in [-0.39, 0.29) is 0 Å². The molecule has 0 saturated carbocycles. The van der Waals surface area contributed by atoms with E-state index in [9.17, 15) is 0 Å². The molecule has 3 aromatic rings. The van der Waals surface area contributed by atoms with Gasteiger partial charge in [0.2, 0.25) is 0 Å². The van der Waals surface area contributed by atoms with E-state index in [4.69, 9.17) is 22.1 Å². The predicted molar refractivity (Wildman–Crippen MR) is 87.2 cm³/mol. The monoisotopic (exact) mass is 298 g/mol. The van der Waals surface area contributed by atoms with Gasteiger partial charge >= 0.3 is 0 Å². The van der Waals surface area contributed by atoms with E-state index >= 15 is 0 Å². The number of benzene rings is 2. The van der Waals surface area contributed by atoms with Gasteiger partial charge in [0.05, 0.1) is 5.52 Å². The van der Waals surface area contributed by atoms with Crippen molar-refractivity contribution in [3.8, 4) is 11.5 Å². The van der Waals surface area contributed by atoms with Gasteiger partial charge in [0.25, 0.3) is 0 Å². The maximum atomic E-state index is 6.06. The summed E-state index contributed by atoms with van der Waals surface area (Å²) in [6.07, 6.45) is 0. The van der Waals surface area contributed by atoms with Crippen LogP contribution in [0, 0.1) is 13.8 Å². The number of aryl methyl sites for hydroxylation is 2. The molecule has 0 radical (unpaired) electrons. The molecule has 0 atom stereocenters. The number of fused-ring (bicyclic) bond motifs is 1. The van der Waals surface area contributed by atoms with Crippen LogP contribution in [0.15, 0.2) is 42.5 Å². The van der Waals surface area contributed by atoms with Crippen molar-refractivity contribution < 1.29 is 4.74 Å². The van der Waals surface area contributed by atoms with E-state index in [1.165, 1.54) is 0 Å². The predicted octanol–water partition coefficient (Wildman–Crippen LogP) is 4.88. The molecule has 0 spiro atoms. The van der Waals surface area contributed by atoms with Crippen LogP contribution in [-0.4, -0.2) is 4.98 Å². The standard InChI is InChI=1S/C17H15ClN2O/c1-10-7-12(18)3-6-16(10)21-17-8-11(2)20-15-5-4-13(19)9-14(15)17/h3-9H,19H2,1-2H3. The minimum absolute atomic E-state index is 0.686. The van der Waals surface area contributed by atoms with E-state index in [2.05, 4.69) is 4.98 Å². The normalized spacial score (nSPS) is 10.8. The summed E-state index contributed by atoms with van der Waals surface area (Å²) in [5.41, 5.74) is 9.30. The molecule has 1 heterocycles. The van der Waals surface area contributed by atoms with Crippen LogP contribution in [0.4, 0.5) is 5.69 Å². The van der Waals surface area contributed by atoms with E-state index in [0.29, 0.717) is 10.7 Å². The van der Waals surface area contributed by atoms with Crippen LogP contribution in [0.25, 0.3) is 10.9 Å². The number of hydrogen-bond acceptors (Lipinski definition) is 3. The number of ether oxygens (including phenoxy) is 1. The smallest absolute Gasteiger partial charge is 0.138 e. The Labute approximate surface area is 128 Å². The SMILES string of the molecule is Cc1cc(Oc2ccc(Cl)cc2C)c2cc(N)ccc2n1. The molecule has 1 aromatic heterocycles. The maximum Gasteiger partial charge on any atom is 0.138 e. The highest BCUT2D eigenvalue weighted by Crippen LogP contribution is 2.33. The van der Waals surface area contributed by atoms with Crippen molar-refractivity contribution in [1.82, 2.24) is 4.98 Å². The molecule has 0 amide bonds. The van der Waals surface area contributed by atoms with Crippen molar-refractivity contribution in [1.29, 1.82) is 0 Å². The Morgan fingerprint density at radius 3 is 2.57 bits per heavy atom. The van der Waals surface area contributed by atoms with Gasteiger partial charge < -0.3 is 10.5 Å². The lowest BCUT2D eigenvalue weighted by molar-refractivity contribution is 0.483. The van der Waals surface area contributed by atoms with Crippen molar-refractivity contribution in [3.05, 3.63) is 58.7 Å². The maximum absolute atomic E-state index is 6.06. The first-order chi connectivity index (χ1) is 10.0. The summed E-state index contributed by atoms with van der Waals surface area (Å²) in [5, 5.41) is 1.59. The van der Waals surface area contributed by atoms with Crippen molar-refractivity contribution in [3.63, 3.8) is 0 Å². The van der Waals surface area contributed by atoms with Crippen LogP contribution >= 0.6 is 11.6 Å². The number of hydrogen-bond donors (Lipinski definition) is 1. The van der Waals surface area contributed by atoms with Gasteiger partial charge in [-0.05, 0) is 55.8 Å². The molecule has 0 unspecified atom stereocenters. The van der Waals surface area contributed by atoms with Crippen LogP contribution in [0.1, 0.15) is 11.3 Å². The fourth-order valence-corrected chi connectivity index (χ4v) is 2.50. The Hall–Kier alpha value is -2.26. The van der Waals surface area contributed by atoms with Crippen molar-refractivity contribution >= 4 is 28.2 Å². The van der Waals surface area contributed by atoms with Crippen LogP contribution < -0.4 is 10.5 Å². The molecule has 0 fully saturated rings. The fourth-order valence-electron chi connectivity index (χ4n) is 2.27. The second kappa shape index (κ2) is 5.26. The molecule has 0 bridgehead atoms. The summed E-state index contributed by atoms with van der Waals surface area (Å²) in [6.45, 7) is 3.91. The Bertz CT molecular complexity index is 830. The van der Waals surface area contributed by atoms with E-state index in [1.54, 1.807) is 0 Å². The number of nitrogen functional groups attached to an aromatic ring is 1. The first-order valence-corrected chi connectivity index (χ1v) is 7.01. The molecule has 0 saturated heterocycles. The van der Waals surface area contributed by atoms with Crippen LogP contribution in [0.2, 0.25) is 5.02 Å². The minimum atomic E-state index is 0.686. The summed E-state index contributed by atoms with van der Waals surface area (Å²) < 4.78 is 6.06. The number of rotatable bonds is 2. The average Bonchev–Trinajstić information content (AvgIpc) is 2.42. The third kappa shape index (κ3) is 2.78. The first kappa shape index (κ1) is 13.7. The van der Waals surface area contributed by atoms with Gasteiger partial charge in [-0.3, -0.25) is 4.98 Å². The number of nitrogens with two attached hydrogens (primary N) is 1. The van der Waals surface area contributed by atoms with Crippen LogP contribution in [0.5, 0.6) is 11.5 Å². The Morgan fingerprint density at radius 2 is 1.81 bits per heavy atom. The molecular weight excluding hydrogens is 284 g/mol. The van der Waals surface area contributed by atoms with Gasteiger partial charge in [0.15, 0.2) is 0 Å². The largest absolute Gasteiger partial charge is 0.456 e. The van der Waals surface area contributed by atoms with Crippen molar-refractivity contribution in [2.24, 2.45) is 0 Å². The summed E-state index contributed by atoms with van der Waals surface area (Å²) in [4.78, 5) is 4.50. The lowest BCUT2D eigenvalue weighted by Gasteiger charge is -2.12. The van der Waals surface area contributed by atoms with Gasteiger partial charge in [-0.25, -0.2) is 0 Å². The number of pyridine rings is 1. The molecule has 0 aliphatic rings. The molecule has 21 heavy (non-hydrogen) atoms. The summed E-state index contributed by atoms with van der Waals surface area (Å²) in [6, 6.07) is 13.1. The van der Waals surface area contributed by atoms with E-state index in [0.717, 1.165) is 33.7 Å². The van der Waals surface area contributed by atoms with Crippen LogP contribution in [0.3, 0.4) is 0 Å². The molecule has 106 valence electrons. The highest BCUT2D eigenvalue weighted by Gasteiger charge is 2.09. The second-order valence-corrected chi connectivity index (χ2v) is 5.49. The van der Waals surface area contributed by atoms with Gasteiger partial charge in [0, 0.05) is 27.9 Å². The van der Waals surface area contributed by atoms with Gasteiger partial charge in [-0.1, -0.05) is 11.6 Å². The topological polar surface area (TPSA) is 48.1 Å². The molecule has 0 aliphatic carbocycles. The van der Waals surface area contributed by atoms with Crippen LogP contribution in [-0.2, 0) is 0 Å². The highest BCUT2D eigenvalue weighted by atomic mass is 35.5. The molecule has 2 aromatic carbocycles. The number of aromatic nitrogens is 1. The Balaban J connectivity index is 2.13. The number of anilines is 1. The quantitative estimate of drug-likeness (QED) is 0.686. The Kier molecular flexibility index (Phi) is 3.43. The fraction of sp³-hybridized carbons (Fsp3) is 0.118. The lowest BCUT2D eigenvalue weighted by Crippen LogP contribution is -1.93. The lowest BCUT2D eigenvalue weighted by atomic mass is 10.1. The first-order valence-electron chi connectivity index (χ1n) is 6.64. The van der Waals surface area contributed by atoms with Gasteiger partial charge in [-0.15, -0.1) is 0 Å². The highest BCUT2D eigenvalue weighted by molar-refractivity contribution is 6.30. The zero-order chi connectivity index (χ0) is 15.0. The minimum Gasteiger partial charge on any atom is -0.456 e. The zero-order valence-corrected chi connectivity index (χ0v) is 12.6. The second-order valence-electron chi connectivity index (χ2n) is 5.05. The molecule has 0 aliphatic heterocycles. The molecule has 4 heteroatoms. The molecule has 2 N–H and O–H groups in total. The number of halogens is 1. The molecule has 3 nitrogen and oxygen atoms in total. The summed E-state index contributed by atoms with van der Waals surface area (Å²) in [7, 11) is 0. The zero-order valence-electron chi connectivity index (χ0n) is 11.9. The van der Waals surface area contributed by atoms with Crippen molar-refractivity contribution in [2.45, 2.75) is 13.8 Å². The molecule has 3 rings (SSSR count). The van der Waals surface area contributed by atoms with Gasteiger partial charge in [-0.2, -0.15) is 0 Å².